The lowest BCUT2D eigenvalue weighted by molar-refractivity contribution is 1.28. The van der Waals surface area contributed by atoms with E-state index in [1.165, 1.54) is 64.7 Å². The van der Waals surface area contributed by atoms with E-state index in [2.05, 4.69) is 205 Å². The van der Waals surface area contributed by atoms with Crippen LogP contribution in [-0.2, 0) is 0 Å². The minimum atomic E-state index is 1.11. The summed E-state index contributed by atoms with van der Waals surface area (Å²) in [5, 5.41) is 2.63. The molecule has 9 aromatic rings. The van der Waals surface area contributed by atoms with Gasteiger partial charge in [0, 0.05) is 37.2 Å². The highest BCUT2D eigenvalue weighted by molar-refractivity contribution is 7.26. The second kappa shape index (κ2) is 13.0. The first-order valence-electron chi connectivity index (χ1n) is 17.0. The van der Waals surface area contributed by atoms with E-state index in [0.717, 1.165) is 17.1 Å². The Bertz CT molecular complexity index is 2570. The SMILES string of the molecule is c1ccc(-c2ccc(N(c3ccc(-c4ccccc4-c4ccccc4)cc3)c3cccc(-c4cccc5c4sc4ccccc45)c3)cc2)cc1. The summed E-state index contributed by atoms with van der Waals surface area (Å²) in [6.07, 6.45) is 0. The monoisotopic (exact) mass is 655 g/mol. The normalized spacial score (nSPS) is 11.2. The molecule has 50 heavy (non-hydrogen) atoms. The summed E-state index contributed by atoms with van der Waals surface area (Å²) in [7, 11) is 0. The van der Waals surface area contributed by atoms with Crippen molar-refractivity contribution in [1.82, 2.24) is 0 Å². The first-order chi connectivity index (χ1) is 24.8. The van der Waals surface area contributed by atoms with Crippen LogP contribution in [0.1, 0.15) is 0 Å². The van der Waals surface area contributed by atoms with Crippen LogP contribution in [0.25, 0.3) is 64.7 Å². The largest absolute Gasteiger partial charge is 0.310 e. The van der Waals surface area contributed by atoms with Crippen LogP contribution in [0.15, 0.2) is 200 Å². The Morgan fingerprint density at radius 1 is 0.300 bits per heavy atom. The van der Waals surface area contributed by atoms with Gasteiger partial charge < -0.3 is 4.90 Å². The summed E-state index contributed by atoms with van der Waals surface area (Å²) in [6, 6.07) is 72.2. The Hall–Kier alpha value is -6.22. The summed E-state index contributed by atoms with van der Waals surface area (Å²) in [5.74, 6) is 0. The lowest BCUT2D eigenvalue weighted by atomic mass is 9.94. The van der Waals surface area contributed by atoms with Crippen molar-refractivity contribution in [3.8, 4) is 44.5 Å². The number of fused-ring (bicyclic) bond motifs is 3. The van der Waals surface area contributed by atoms with Gasteiger partial charge in [-0.3, -0.25) is 0 Å². The topological polar surface area (TPSA) is 3.24 Å². The maximum Gasteiger partial charge on any atom is 0.0467 e. The van der Waals surface area contributed by atoms with Gasteiger partial charge in [-0.1, -0.05) is 158 Å². The second-order valence-electron chi connectivity index (χ2n) is 12.5. The molecule has 0 amide bonds. The molecule has 0 bridgehead atoms. The van der Waals surface area contributed by atoms with E-state index in [1.54, 1.807) is 0 Å². The summed E-state index contributed by atoms with van der Waals surface area (Å²) >= 11 is 1.88. The van der Waals surface area contributed by atoms with Crippen molar-refractivity contribution in [1.29, 1.82) is 0 Å². The Morgan fingerprint density at radius 3 is 1.48 bits per heavy atom. The van der Waals surface area contributed by atoms with Gasteiger partial charge in [0.15, 0.2) is 0 Å². The minimum absolute atomic E-state index is 1.11. The van der Waals surface area contributed by atoms with E-state index >= 15 is 0 Å². The molecule has 0 unspecified atom stereocenters. The highest BCUT2D eigenvalue weighted by Crippen LogP contribution is 2.43. The molecule has 0 aliphatic heterocycles. The van der Waals surface area contributed by atoms with Gasteiger partial charge in [-0.15, -0.1) is 11.3 Å². The van der Waals surface area contributed by atoms with E-state index in [4.69, 9.17) is 0 Å². The molecule has 0 aliphatic rings. The summed E-state index contributed by atoms with van der Waals surface area (Å²) in [5.41, 5.74) is 13.1. The van der Waals surface area contributed by atoms with Crippen molar-refractivity contribution < 1.29 is 0 Å². The summed E-state index contributed by atoms with van der Waals surface area (Å²) in [6.45, 7) is 0. The maximum atomic E-state index is 2.37. The predicted molar refractivity (Wildman–Crippen MR) is 216 cm³/mol. The molecule has 2 heteroatoms. The van der Waals surface area contributed by atoms with E-state index in [0.29, 0.717) is 0 Å². The zero-order valence-corrected chi connectivity index (χ0v) is 28.2. The average Bonchev–Trinajstić information content (AvgIpc) is 3.58. The first-order valence-corrected chi connectivity index (χ1v) is 17.8. The van der Waals surface area contributed by atoms with Crippen molar-refractivity contribution in [2.75, 3.05) is 4.90 Å². The predicted octanol–water partition coefficient (Wildman–Crippen LogP) is 14.2. The van der Waals surface area contributed by atoms with Gasteiger partial charge >= 0.3 is 0 Å². The van der Waals surface area contributed by atoms with Crippen molar-refractivity contribution in [3.63, 3.8) is 0 Å². The van der Waals surface area contributed by atoms with Crippen LogP contribution >= 0.6 is 11.3 Å². The van der Waals surface area contributed by atoms with Gasteiger partial charge in [0.25, 0.3) is 0 Å². The van der Waals surface area contributed by atoms with Crippen molar-refractivity contribution in [2.45, 2.75) is 0 Å². The molecule has 0 spiro atoms. The molecule has 8 aromatic carbocycles. The number of hydrogen-bond acceptors (Lipinski definition) is 2. The van der Waals surface area contributed by atoms with E-state index in [1.807, 2.05) is 11.3 Å². The van der Waals surface area contributed by atoms with Crippen LogP contribution in [0.2, 0.25) is 0 Å². The lowest BCUT2D eigenvalue weighted by Crippen LogP contribution is -2.10. The van der Waals surface area contributed by atoms with Crippen molar-refractivity contribution in [3.05, 3.63) is 200 Å². The molecule has 1 heterocycles. The maximum absolute atomic E-state index is 2.37. The second-order valence-corrected chi connectivity index (χ2v) is 13.6. The molecule has 0 saturated carbocycles. The van der Waals surface area contributed by atoms with Gasteiger partial charge in [0.1, 0.15) is 0 Å². The standard InChI is InChI=1S/C48H33NS/c1-3-13-34(14-4-1)35-25-29-39(30-26-35)49(40-31-27-37(28-32-40)43-20-8-7-19-42(43)36-15-5-2-6-16-36)41-18-11-17-38(33-41)44-22-12-23-46-45-21-9-10-24-47(45)50-48(44)46/h1-33H. The highest BCUT2D eigenvalue weighted by Gasteiger charge is 2.17. The molecule has 0 saturated heterocycles. The minimum Gasteiger partial charge on any atom is -0.310 e. The van der Waals surface area contributed by atoms with Gasteiger partial charge in [-0.05, 0) is 87.0 Å². The van der Waals surface area contributed by atoms with Gasteiger partial charge in [-0.25, -0.2) is 0 Å². The number of benzene rings is 8. The Balaban J connectivity index is 1.15. The van der Waals surface area contributed by atoms with Crippen LogP contribution < -0.4 is 4.90 Å². The molecule has 0 fully saturated rings. The van der Waals surface area contributed by atoms with Gasteiger partial charge in [0.2, 0.25) is 0 Å². The Labute approximate surface area is 297 Å². The van der Waals surface area contributed by atoms with Crippen molar-refractivity contribution in [2.24, 2.45) is 0 Å². The number of nitrogens with zero attached hydrogens (tertiary/aromatic N) is 1. The fourth-order valence-corrected chi connectivity index (χ4v) is 8.30. The van der Waals surface area contributed by atoms with Crippen LogP contribution in [0.5, 0.6) is 0 Å². The van der Waals surface area contributed by atoms with E-state index in [-0.39, 0.29) is 0 Å². The van der Waals surface area contributed by atoms with Crippen LogP contribution in [-0.4, -0.2) is 0 Å². The molecule has 1 nitrogen and oxygen atoms in total. The van der Waals surface area contributed by atoms with E-state index < -0.39 is 0 Å². The number of rotatable bonds is 7. The third-order valence-corrected chi connectivity index (χ3v) is 10.7. The quantitative estimate of drug-likeness (QED) is 0.165. The molecular formula is C48H33NS. The zero-order chi connectivity index (χ0) is 33.3. The molecule has 9 rings (SSSR count). The van der Waals surface area contributed by atoms with E-state index in [9.17, 15) is 0 Å². The van der Waals surface area contributed by atoms with Gasteiger partial charge in [-0.2, -0.15) is 0 Å². The molecular weight excluding hydrogens is 623 g/mol. The first kappa shape index (κ1) is 29.9. The third-order valence-electron chi connectivity index (χ3n) is 9.50. The van der Waals surface area contributed by atoms with Crippen LogP contribution in [0.4, 0.5) is 17.1 Å². The van der Waals surface area contributed by atoms with Crippen molar-refractivity contribution >= 4 is 48.6 Å². The molecule has 0 N–H and O–H groups in total. The number of anilines is 3. The number of hydrogen-bond donors (Lipinski definition) is 0. The fourth-order valence-electron chi connectivity index (χ4n) is 7.06. The molecule has 0 radical (unpaired) electrons. The fraction of sp³-hybridized carbons (Fsp3) is 0. The van der Waals surface area contributed by atoms with Crippen LogP contribution in [0.3, 0.4) is 0 Å². The lowest BCUT2D eigenvalue weighted by Gasteiger charge is -2.26. The zero-order valence-electron chi connectivity index (χ0n) is 27.4. The molecule has 0 atom stereocenters. The Morgan fingerprint density at radius 2 is 0.780 bits per heavy atom. The number of thiophene rings is 1. The molecule has 0 aliphatic carbocycles. The summed E-state index contributed by atoms with van der Waals surface area (Å²) < 4.78 is 2.64. The molecule has 236 valence electrons. The Kier molecular flexibility index (Phi) is 7.77. The van der Waals surface area contributed by atoms with Gasteiger partial charge in [0.05, 0.1) is 0 Å². The van der Waals surface area contributed by atoms with Crippen LogP contribution in [0, 0.1) is 0 Å². The smallest absolute Gasteiger partial charge is 0.0467 e. The molecule has 1 aromatic heterocycles. The summed E-state index contributed by atoms with van der Waals surface area (Å²) in [4.78, 5) is 2.37. The average molecular weight is 656 g/mol. The third kappa shape index (κ3) is 5.56. The highest BCUT2D eigenvalue weighted by atomic mass is 32.1.